The van der Waals surface area contributed by atoms with Gasteiger partial charge in [0.15, 0.2) is 0 Å². The van der Waals surface area contributed by atoms with Crippen LogP contribution >= 0.6 is 11.3 Å². The summed E-state index contributed by atoms with van der Waals surface area (Å²) < 4.78 is 5.38. The predicted molar refractivity (Wildman–Crippen MR) is 137 cm³/mol. The summed E-state index contributed by atoms with van der Waals surface area (Å²) in [7, 11) is 0. The van der Waals surface area contributed by atoms with Crippen LogP contribution in [0.5, 0.6) is 0 Å². The zero-order valence-corrected chi connectivity index (χ0v) is 21.7. The Bertz CT molecular complexity index is 1120. The molecule has 0 unspecified atom stereocenters. The number of carbonyl (C=O) groups is 2. The lowest BCUT2D eigenvalue weighted by Gasteiger charge is -2.29. The van der Waals surface area contributed by atoms with Crippen LogP contribution < -0.4 is 5.32 Å². The standard InChI is InChI=1S/C26H34N4O4S/c1-7-19(24-18(6)27-14-35-24)10-8-9-16(4)28-25(32)21-12-20(31)13-30(21)26(33)23(15(2)3)22-11-17(5)29-34-22/h7-11,14-16,20-21,23,31H,1,12-13H2,2-6H3,(H,28,32)/b9-8+,19-10+/t16-,20+,21-,23+/m0/s1. The number of thiazole rings is 1. The maximum atomic E-state index is 13.5. The maximum Gasteiger partial charge on any atom is 0.243 e. The summed E-state index contributed by atoms with van der Waals surface area (Å²) in [5.41, 5.74) is 4.39. The smallest absolute Gasteiger partial charge is 0.243 e. The number of rotatable bonds is 9. The largest absolute Gasteiger partial charge is 0.391 e. The van der Waals surface area contributed by atoms with Crippen LogP contribution in [-0.4, -0.2) is 56.7 Å². The lowest BCUT2D eigenvalue weighted by atomic mass is 9.91. The SMILES string of the molecule is C=C/C(=C\C=C\[C@H](C)NC(=O)[C@@H]1C[C@@H](O)CN1C(=O)[C@@H](c1cc(C)no1)C(C)C)c1scnc1C. The molecule has 0 aromatic carbocycles. The van der Waals surface area contributed by atoms with Crippen molar-refractivity contribution >= 4 is 28.7 Å². The first-order valence-corrected chi connectivity index (χ1v) is 12.6. The number of amides is 2. The van der Waals surface area contributed by atoms with Gasteiger partial charge in [-0.2, -0.15) is 0 Å². The highest BCUT2D eigenvalue weighted by Gasteiger charge is 2.43. The van der Waals surface area contributed by atoms with E-state index >= 15 is 0 Å². The molecule has 4 atom stereocenters. The Balaban J connectivity index is 1.69. The van der Waals surface area contributed by atoms with Crippen LogP contribution in [0.1, 0.15) is 55.1 Å². The molecule has 0 radical (unpaired) electrons. The van der Waals surface area contributed by atoms with Gasteiger partial charge in [-0.15, -0.1) is 11.3 Å². The fourth-order valence-corrected chi connectivity index (χ4v) is 5.09. The molecule has 1 fully saturated rings. The topological polar surface area (TPSA) is 109 Å². The third-order valence-electron chi connectivity index (χ3n) is 6.02. The summed E-state index contributed by atoms with van der Waals surface area (Å²) in [5, 5.41) is 17.2. The summed E-state index contributed by atoms with van der Waals surface area (Å²) in [6.45, 7) is 13.4. The van der Waals surface area contributed by atoms with Crippen molar-refractivity contribution in [3.8, 4) is 0 Å². The molecule has 1 saturated heterocycles. The van der Waals surface area contributed by atoms with Crippen LogP contribution in [0.2, 0.25) is 0 Å². The van der Waals surface area contributed by atoms with Gasteiger partial charge in [0.05, 0.1) is 27.9 Å². The summed E-state index contributed by atoms with van der Waals surface area (Å²) >= 11 is 1.55. The van der Waals surface area contributed by atoms with E-state index in [0.29, 0.717) is 11.5 Å². The minimum absolute atomic E-state index is 0.0637. The molecule has 0 spiro atoms. The normalized spacial score (nSPS) is 20.4. The first-order valence-electron chi connectivity index (χ1n) is 11.8. The van der Waals surface area contributed by atoms with Gasteiger partial charge in [-0.05, 0) is 32.3 Å². The van der Waals surface area contributed by atoms with Gasteiger partial charge >= 0.3 is 0 Å². The number of aryl methyl sites for hydroxylation is 2. The molecule has 3 heterocycles. The highest BCUT2D eigenvalue weighted by Crippen LogP contribution is 2.31. The van der Waals surface area contributed by atoms with Crippen molar-refractivity contribution in [3.05, 3.63) is 64.5 Å². The van der Waals surface area contributed by atoms with E-state index in [1.807, 2.05) is 45.9 Å². The molecule has 0 bridgehead atoms. The molecule has 2 N–H and O–H groups in total. The molecule has 0 saturated carbocycles. The zero-order valence-electron chi connectivity index (χ0n) is 20.9. The first kappa shape index (κ1) is 26.6. The van der Waals surface area contributed by atoms with E-state index in [1.54, 1.807) is 35.9 Å². The van der Waals surface area contributed by atoms with Crippen LogP contribution in [0, 0.1) is 19.8 Å². The molecule has 35 heavy (non-hydrogen) atoms. The second-order valence-electron chi connectivity index (χ2n) is 9.26. The van der Waals surface area contributed by atoms with E-state index in [9.17, 15) is 14.7 Å². The average Bonchev–Trinajstić information content (AvgIpc) is 3.51. The van der Waals surface area contributed by atoms with Crippen LogP contribution in [0.3, 0.4) is 0 Å². The van der Waals surface area contributed by atoms with Gasteiger partial charge in [-0.1, -0.05) is 49.9 Å². The van der Waals surface area contributed by atoms with Gasteiger partial charge in [0.2, 0.25) is 11.8 Å². The minimum Gasteiger partial charge on any atom is -0.391 e. The van der Waals surface area contributed by atoms with Gasteiger partial charge in [0, 0.05) is 25.1 Å². The van der Waals surface area contributed by atoms with Crippen molar-refractivity contribution < 1.29 is 19.2 Å². The van der Waals surface area contributed by atoms with Crippen molar-refractivity contribution in [2.75, 3.05) is 6.54 Å². The zero-order chi connectivity index (χ0) is 25.7. The average molecular weight is 499 g/mol. The molecule has 1 aliphatic heterocycles. The molecule has 2 aromatic rings. The molecule has 0 aliphatic carbocycles. The molecule has 8 nitrogen and oxygen atoms in total. The van der Waals surface area contributed by atoms with Crippen molar-refractivity contribution in [1.29, 1.82) is 0 Å². The van der Waals surface area contributed by atoms with Crippen molar-refractivity contribution in [1.82, 2.24) is 20.4 Å². The molecule has 1 aliphatic rings. The Morgan fingerprint density at radius 2 is 2.09 bits per heavy atom. The van der Waals surface area contributed by atoms with E-state index in [0.717, 1.165) is 16.1 Å². The van der Waals surface area contributed by atoms with E-state index in [2.05, 4.69) is 22.0 Å². The lowest BCUT2D eigenvalue weighted by molar-refractivity contribution is -0.141. The molecule has 2 aromatic heterocycles. The number of β-amino-alcohol motifs (C(OH)–C–C–N with tert-alkyl or cyclic N) is 1. The number of nitrogens with one attached hydrogen (secondary N) is 1. The Morgan fingerprint density at radius 1 is 1.34 bits per heavy atom. The second kappa shape index (κ2) is 11.6. The van der Waals surface area contributed by atoms with Crippen molar-refractivity contribution in [2.45, 2.75) is 65.1 Å². The number of allylic oxidation sites excluding steroid dienone is 4. The number of aromatic nitrogens is 2. The highest BCUT2D eigenvalue weighted by molar-refractivity contribution is 7.11. The maximum absolute atomic E-state index is 13.5. The number of aliphatic hydroxyl groups excluding tert-OH is 1. The third kappa shape index (κ3) is 6.35. The molecule has 188 valence electrons. The monoisotopic (exact) mass is 498 g/mol. The van der Waals surface area contributed by atoms with E-state index in [1.165, 1.54) is 4.90 Å². The molecule has 3 rings (SSSR count). The number of hydrogen-bond acceptors (Lipinski definition) is 7. The third-order valence-corrected chi connectivity index (χ3v) is 7.00. The Hall–Kier alpha value is -3.04. The minimum atomic E-state index is -0.759. The van der Waals surface area contributed by atoms with Crippen LogP contribution in [0.15, 0.2) is 47.0 Å². The predicted octanol–water partition coefficient (Wildman–Crippen LogP) is 3.78. The second-order valence-corrected chi connectivity index (χ2v) is 10.1. The quantitative estimate of drug-likeness (QED) is 0.510. The number of nitrogens with zero attached hydrogens (tertiary/aromatic N) is 3. The highest BCUT2D eigenvalue weighted by atomic mass is 32.1. The van der Waals surface area contributed by atoms with Gasteiger partial charge in [-0.3, -0.25) is 9.59 Å². The molecular formula is C26H34N4O4S. The number of aliphatic hydroxyl groups is 1. The molecule has 2 amide bonds. The summed E-state index contributed by atoms with van der Waals surface area (Å²) in [6, 6.07) is 0.716. The Kier molecular flexibility index (Phi) is 8.80. The Labute approximate surface area is 210 Å². The summed E-state index contributed by atoms with van der Waals surface area (Å²) in [6.07, 6.45) is 6.87. The first-order chi connectivity index (χ1) is 16.6. The van der Waals surface area contributed by atoms with E-state index in [-0.39, 0.29) is 36.7 Å². The van der Waals surface area contributed by atoms with Gasteiger partial charge in [-0.25, -0.2) is 4.98 Å². The number of carbonyl (C=O) groups excluding carboxylic acids is 2. The van der Waals surface area contributed by atoms with Crippen molar-refractivity contribution in [3.63, 3.8) is 0 Å². The molecular weight excluding hydrogens is 464 g/mol. The van der Waals surface area contributed by atoms with Gasteiger partial charge in [0.25, 0.3) is 0 Å². The lowest BCUT2D eigenvalue weighted by Crippen LogP contribution is -2.49. The number of hydrogen-bond donors (Lipinski definition) is 2. The summed E-state index contributed by atoms with van der Waals surface area (Å²) in [5.74, 6) is -0.706. The fourth-order valence-electron chi connectivity index (χ4n) is 4.26. The van der Waals surface area contributed by atoms with Crippen LogP contribution in [0.25, 0.3) is 5.57 Å². The van der Waals surface area contributed by atoms with Crippen LogP contribution in [0.4, 0.5) is 0 Å². The van der Waals surface area contributed by atoms with Gasteiger partial charge in [0.1, 0.15) is 17.7 Å². The fraction of sp³-hybridized carbons (Fsp3) is 0.462. The molecule has 9 heteroatoms. The van der Waals surface area contributed by atoms with Gasteiger partial charge < -0.3 is 19.8 Å². The summed E-state index contributed by atoms with van der Waals surface area (Å²) in [4.78, 5) is 33.4. The van der Waals surface area contributed by atoms with Crippen molar-refractivity contribution in [2.24, 2.45) is 5.92 Å². The number of likely N-dealkylation sites (tertiary alicyclic amines) is 1. The van der Waals surface area contributed by atoms with E-state index in [4.69, 9.17) is 4.52 Å². The van der Waals surface area contributed by atoms with Crippen LogP contribution in [-0.2, 0) is 9.59 Å². The Morgan fingerprint density at radius 3 is 2.66 bits per heavy atom. The van der Waals surface area contributed by atoms with E-state index < -0.39 is 18.1 Å².